The normalized spacial score (nSPS) is 16.6. The van der Waals surface area contributed by atoms with Gasteiger partial charge in [0.25, 0.3) is 0 Å². The van der Waals surface area contributed by atoms with Crippen LogP contribution in [0.5, 0.6) is 11.5 Å². The Morgan fingerprint density at radius 1 is 1.15 bits per heavy atom. The van der Waals surface area contributed by atoms with Crippen molar-refractivity contribution in [2.45, 2.75) is 12.3 Å². The van der Waals surface area contributed by atoms with Crippen molar-refractivity contribution >= 4 is 29.9 Å². The minimum absolute atomic E-state index is 0. The topological polar surface area (TPSA) is 46.1 Å². The molecule has 1 unspecified atom stereocenters. The van der Waals surface area contributed by atoms with E-state index in [2.05, 4.69) is 45.5 Å². The molecule has 0 saturated carbocycles. The van der Waals surface area contributed by atoms with Crippen LogP contribution in [0.15, 0.2) is 59.6 Å². The number of aliphatic imine (C=N–C) groups is 1. The summed E-state index contributed by atoms with van der Waals surface area (Å²) in [6.07, 6.45) is 1.16. The average Bonchev–Trinajstić information content (AvgIpc) is 3.19. The second-order valence-electron chi connectivity index (χ2n) is 6.34. The summed E-state index contributed by atoms with van der Waals surface area (Å²) in [6.45, 7) is 3.30. The Kier molecular flexibility index (Phi) is 8.71. The number of nitrogens with zero attached hydrogens (tertiary/aromatic N) is 2. The van der Waals surface area contributed by atoms with Crippen molar-refractivity contribution in [2.75, 3.05) is 40.4 Å². The highest BCUT2D eigenvalue weighted by Crippen LogP contribution is 2.26. The zero-order valence-electron chi connectivity index (χ0n) is 15.9. The quantitative estimate of drug-likeness (QED) is 0.296. The van der Waals surface area contributed by atoms with E-state index >= 15 is 0 Å². The third-order valence-corrected chi connectivity index (χ3v) is 4.67. The minimum atomic E-state index is 0. The Hall–Kier alpha value is -1.96. The van der Waals surface area contributed by atoms with Crippen LogP contribution in [-0.4, -0.2) is 51.3 Å². The van der Waals surface area contributed by atoms with Gasteiger partial charge in [-0.2, -0.15) is 0 Å². The summed E-state index contributed by atoms with van der Waals surface area (Å²) in [7, 11) is 3.49. The number of rotatable bonds is 6. The first kappa shape index (κ1) is 21.3. The molecule has 146 valence electrons. The Morgan fingerprint density at radius 3 is 2.67 bits per heavy atom. The third kappa shape index (κ3) is 6.02. The van der Waals surface area contributed by atoms with E-state index < -0.39 is 0 Å². The zero-order valence-corrected chi connectivity index (χ0v) is 18.3. The van der Waals surface area contributed by atoms with Crippen molar-refractivity contribution in [3.8, 4) is 11.5 Å². The fourth-order valence-electron chi connectivity index (χ4n) is 3.30. The van der Waals surface area contributed by atoms with Gasteiger partial charge in [0.2, 0.25) is 0 Å². The molecule has 1 N–H and O–H groups in total. The molecule has 1 saturated heterocycles. The molecule has 27 heavy (non-hydrogen) atoms. The van der Waals surface area contributed by atoms with Crippen LogP contribution in [0.2, 0.25) is 0 Å². The van der Waals surface area contributed by atoms with E-state index in [4.69, 9.17) is 9.47 Å². The predicted molar refractivity (Wildman–Crippen MR) is 121 cm³/mol. The molecular formula is C21H28IN3O2. The summed E-state index contributed by atoms with van der Waals surface area (Å²) >= 11 is 0. The van der Waals surface area contributed by atoms with Crippen LogP contribution in [0.1, 0.15) is 17.9 Å². The van der Waals surface area contributed by atoms with Crippen LogP contribution in [0, 0.1) is 0 Å². The van der Waals surface area contributed by atoms with Crippen LogP contribution in [0.3, 0.4) is 0 Å². The molecule has 0 bridgehead atoms. The monoisotopic (exact) mass is 481 g/mol. The number of nitrogens with one attached hydrogen (secondary N) is 1. The number of guanidine groups is 1. The smallest absolute Gasteiger partial charge is 0.193 e. The number of hydrogen-bond acceptors (Lipinski definition) is 3. The van der Waals surface area contributed by atoms with Crippen molar-refractivity contribution in [3.05, 3.63) is 60.2 Å². The van der Waals surface area contributed by atoms with Crippen molar-refractivity contribution in [1.29, 1.82) is 0 Å². The summed E-state index contributed by atoms with van der Waals surface area (Å²) in [5.41, 5.74) is 1.41. The lowest BCUT2D eigenvalue weighted by Crippen LogP contribution is -2.41. The molecule has 2 aromatic rings. The second-order valence-corrected chi connectivity index (χ2v) is 6.34. The zero-order chi connectivity index (χ0) is 18.2. The maximum absolute atomic E-state index is 5.78. The molecule has 1 atom stereocenters. The minimum Gasteiger partial charge on any atom is -0.497 e. The number of hydrogen-bond donors (Lipinski definition) is 1. The fraction of sp³-hybridized carbons (Fsp3) is 0.381. The van der Waals surface area contributed by atoms with Crippen molar-refractivity contribution < 1.29 is 9.47 Å². The summed E-state index contributed by atoms with van der Waals surface area (Å²) < 4.78 is 11.0. The third-order valence-electron chi connectivity index (χ3n) is 4.67. The number of methoxy groups -OCH3 is 1. The van der Waals surface area contributed by atoms with Crippen LogP contribution in [0.25, 0.3) is 0 Å². The predicted octanol–water partition coefficient (Wildman–Crippen LogP) is 3.76. The number of halogens is 1. The molecular weight excluding hydrogens is 453 g/mol. The summed E-state index contributed by atoms with van der Waals surface area (Å²) in [4.78, 5) is 6.75. The second kappa shape index (κ2) is 11.0. The van der Waals surface area contributed by atoms with E-state index in [0.29, 0.717) is 19.1 Å². The number of ether oxygens (including phenoxy) is 2. The largest absolute Gasteiger partial charge is 0.497 e. The van der Waals surface area contributed by atoms with Crippen LogP contribution in [0.4, 0.5) is 0 Å². The molecule has 0 radical (unpaired) electrons. The van der Waals surface area contributed by atoms with E-state index in [1.165, 1.54) is 5.56 Å². The Bertz CT molecular complexity index is 724. The number of benzene rings is 2. The van der Waals surface area contributed by atoms with Gasteiger partial charge in [-0.1, -0.05) is 36.4 Å². The van der Waals surface area contributed by atoms with Crippen LogP contribution < -0.4 is 14.8 Å². The van der Waals surface area contributed by atoms with Crippen LogP contribution >= 0.6 is 24.0 Å². The van der Waals surface area contributed by atoms with Gasteiger partial charge in [0.1, 0.15) is 18.1 Å². The van der Waals surface area contributed by atoms with Crippen molar-refractivity contribution in [2.24, 2.45) is 4.99 Å². The first-order valence-electron chi connectivity index (χ1n) is 9.07. The SMILES string of the molecule is CN=C(NCCOc1cccc(OC)c1)N1CCC(c2ccccc2)C1.I. The molecule has 1 fully saturated rings. The van der Waals surface area contributed by atoms with Gasteiger partial charge in [0, 0.05) is 32.1 Å². The number of likely N-dealkylation sites (tertiary alicyclic amines) is 1. The maximum Gasteiger partial charge on any atom is 0.193 e. The lowest BCUT2D eigenvalue weighted by Gasteiger charge is -2.22. The van der Waals surface area contributed by atoms with Gasteiger partial charge in [0.05, 0.1) is 13.7 Å². The Morgan fingerprint density at radius 2 is 1.93 bits per heavy atom. The molecule has 2 aromatic carbocycles. The van der Waals surface area contributed by atoms with E-state index in [9.17, 15) is 0 Å². The van der Waals surface area contributed by atoms with Crippen LogP contribution in [-0.2, 0) is 0 Å². The van der Waals surface area contributed by atoms with E-state index in [-0.39, 0.29) is 24.0 Å². The van der Waals surface area contributed by atoms with Gasteiger partial charge in [0.15, 0.2) is 5.96 Å². The van der Waals surface area contributed by atoms with E-state index in [1.54, 1.807) is 7.11 Å². The highest BCUT2D eigenvalue weighted by molar-refractivity contribution is 14.0. The van der Waals surface area contributed by atoms with Crippen molar-refractivity contribution in [1.82, 2.24) is 10.2 Å². The summed E-state index contributed by atoms with van der Waals surface area (Å²) in [5.74, 6) is 3.13. The van der Waals surface area contributed by atoms with Gasteiger partial charge < -0.3 is 19.7 Å². The molecule has 0 spiro atoms. The molecule has 1 heterocycles. The van der Waals surface area contributed by atoms with Gasteiger partial charge in [-0.25, -0.2) is 0 Å². The van der Waals surface area contributed by atoms with E-state index in [0.717, 1.165) is 37.0 Å². The molecule has 0 aliphatic carbocycles. The van der Waals surface area contributed by atoms with Gasteiger partial charge in [-0.3, -0.25) is 4.99 Å². The van der Waals surface area contributed by atoms with Gasteiger partial charge >= 0.3 is 0 Å². The highest BCUT2D eigenvalue weighted by atomic mass is 127. The maximum atomic E-state index is 5.78. The molecule has 1 aliphatic rings. The lowest BCUT2D eigenvalue weighted by atomic mass is 9.99. The molecule has 3 rings (SSSR count). The lowest BCUT2D eigenvalue weighted by molar-refractivity contribution is 0.316. The first-order valence-corrected chi connectivity index (χ1v) is 9.07. The molecule has 5 nitrogen and oxygen atoms in total. The molecule has 6 heteroatoms. The molecule has 1 aliphatic heterocycles. The van der Waals surface area contributed by atoms with Gasteiger partial charge in [-0.05, 0) is 24.1 Å². The molecule has 0 amide bonds. The Balaban J connectivity index is 0.00000261. The fourth-order valence-corrected chi connectivity index (χ4v) is 3.30. The average molecular weight is 481 g/mol. The first-order chi connectivity index (χ1) is 12.8. The van der Waals surface area contributed by atoms with Crippen molar-refractivity contribution in [3.63, 3.8) is 0 Å². The standard InChI is InChI=1S/C21H27N3O2.HI/c1-22-21(23-12-14-26-20-10-6-9-19(15-20)25-2)24-13-11-18(16-24)17-7-4-3-5-8-17;/h3-10,15,18H,11-14,16H2,1-2H3,(H,22,23);1H. The van der Waals surface area contributed by atoms with Gasteiger partial charge in [-0.15, -0.1) is 24.0 Å². The summed E-state index contributed by atoms with van der Waals surface area (Å²) in [6, 6.07) is 18.4. The highest BCUT2D eigenvalue weighted by Gasteiger charge is 2.25. The molecule has 0 aromatic heterocycles. The summed E-state index contributed by atoms with van der Waals surface area (Å²) in [5, 5.41) is 3.40. The van der Waals surface area contributed by atoms with E-state index in [1.807, 2.05) is 31.3 Å². The Labute approximate surface area is 178 Å².